The van der Waals surface area contributed by atoms with E-state index in [-0.39, 0.29) is 0 Å². The first-order valence-corrected chi connectivity index (χ1v) is 9.54. The lowest BCUT2D eigenvalue weighted by Crippen LogP contribution is -2.47. The Morgan fingerprint density at radius 1 is 0.875 bits per heavy atom. The molecule has 2 aliphatic heterocycles. The molecule has 4 nitrogen and oxygen atoms in total. The molecule has 1 aromatic rings. The summed E-state index contributed by atoms with van der Waals surface area (Å²) >= 11 is 0. The van der Waals surface area contributed by atoms with Crippen LogP contribution >= 0.6 is 0 Å². The van der Waals surface area contributed by atoms with Crippen LogP contribution < -0.4 is 14.2 Å². The van der Waals surface area contributed by atoms with Crippen molar-refractivity contribution in [1.82, 2.24) is 4.90 Å². The van der Waals surface area contributed by atoms with Crippen LogP contribution in [0, 0.1) is 5.92 Å². The van der Waals surface area contributed by atoms with Crippen LogP contribution in [-0.2, 0) is 6.54 Å². The van der Waals surface area contributed by atoms with E-state index in [1.165, 1.54) is 37.8 Å². The zero-order chi connectivity index (χ0) is 16.9. The maximum atomic E-state index is 5.84. The number of hydrogen-bond donors (Lipinski definition) is 0. The smallest absolute Gasteiger partial charge is 0.203 e. The van der Waals surface area contributed by atoms with Crippen molar-refractivity contribution in [1.29, 1.82) is 0 Å². The Balaban J connectivity index is 1.83. The van der Waals surface area contributed by atoms with Gasteiger partial charge in [-0.25, -0.2) is 0 Å². The fourth-order valence-corrected chi connectivity index (χ4v) is 4.14. The number of piperidine rings is 2. The monoisotopic (exact) mass is 333 g/mol. The van der Waals surface area contributed by atoms with Gasteiger partial charge in [-0.15, -0.1) is 0 Å². The Kier molecular flexibility index (Phi) is 5.88. The minimum absolute atomic E-state index is 0.607. The maximum absolute atomic E-state index is 5.84. The molecular weight excluding hydrogens is 302 g/mol. The van der Waals surface area contributed by atoms with Crippen molar-refractivity contribution in [3.05, 3.63) is 17.7 Å². The summed E-state index contributed by atoms with van der Waals surface area (Å²) in [6.07, 6.45) is 5.55. The molecule has 24 heavy (non-hydrogen) atoms. The third-order valence-corrected chi connectivity index (χ3v) is 5.18. The second-order valence-electron chi connectivity index (χ2n) is 6.82. The Bertz CT molecular complexity index is 511. The first-order chi connectivity index (χ1) is 11.7. The van der Waals surface area contributed by atoms with Gasteiger partial charge in [0, 0.05) is 19.1 Å². The summed E-state index contributed by atoms with van der Waals surface area (Å²) in [6, 6.07) is 5.03. The second-order valence-corrected chi connectivity index (χ2v) is 6.82. The predicted octanol–water partition coefficient (Wildman–Crippen LogP) is 4.26. The summed E-state index contributed by atoms with van der Waals surface area (Å²) in [6.45, 7) is 10.1. The third-order valence-electron chi connectivity index (χ3n) is 5.18. The molecule has 0 aromatic heterocycles. The summed E-state index contributed by atoms with van der Waals surface area (Å²) in [4.78, 5) is 2.65. The van der Waals surface area contributed by atoms with Crippen LogP contribution in [0.5, 0.6) is 17.2 Å². The van der Waals surface area contributed by atoms with Crippen molar-refractivity contribution in [2.75, 3.05) is 26.4 Å². The summed E-state index contributed by atoms with van der Waals surface area (Å²) in [5.41, 5.74) is 1.26. The third kappa shape index (κ3) is 3.80. The van der Waals surface area contributed by atoms with Gasteiger partial charge < -0.3 is 14.2 Å². The molecule has 4 rings (SSSR count). The highest BCUT2D eigenvalue weighted by Gasteiger charge is 2.33. The molecule has 3 fully saturated rings. The van der Waals surface area contributed by atoms with Gasteiger partial charge in [-0.1, -0.05) is 0 Å². The molecule has 4 heteroatoms. The summed E-state index contributed by atoms with van der Waals surface area (Å²) < 4.78 is 17.5. The number of ether oxygens (including phenoxy) is 3. The molecule has 2 bridgehead atoms. The number of fused-ring (bicyclic) bond motifs is 3. The van der Waals surface area contributed by atoms with E-state index < -0.39 is 0 Å². The van der Waals surface area contributed by atoms with Crippen molar-refractivity contribution in [3.8, 4) is 17.2 Å². The summed E-state index contributed by atoms with van der Waals surface area (Å²) in [5.74, 6) is 3.26. The zero-order valence-electron chi connectivity index (χ0n) is 15.3. The lowest BCUT2D eigenvalue weighted by Gasteiger charge is -2.45. The summed E-state index contributed by atoms with van der Waals surface area (Å²) in [5, 5.41) is 0. The maximum Gasteiger partial charge on any atom is 0.203 e. The molecule has 1 aromatic carbocycles. The Morgan fingerprint density at radius 2 is 1.46 bits per heavy atom. The normalized spacial score (nSPS) is 23.3. The number of nitrogens with zero attached hydrogens (tertiary/aromatic N) is 1. The molecule has 0 unspecified atom stereocenters. The molecule has 0 atom stereocenters. The van der Waals surface area contributed by atoms with Gasteiger partial charge in [0.05, 0.1) is 19.8 Å². The lowest BCUT2D eigenvalue weighted by atomic mass is 9.80. The minimum Gasteiger partial charge on any atom is -0.490 e. The SMILES string of the molecule is CCOc1cc(CN2CC3CCC2CC3)cc(OCC)c1OCC. The topological polar surface area (TPSA) is 30.9 Å². The largest absolute Gasteiger partial charge is 0.490 e. The average Bonchev–Trinajstić information content (AvgIpc) is 2.59. The van der Waals surface area contributed by atoms with Gasteiger partial charge in [0.1, 0.15) is 0 Å². The molecule has 0 N–H and O–H groups in total. The number of hydrogen-bond acceptors (Lipinski definition) is 4. The van der Waals surface area contributed by atoms with Crippen LogP contribution in [0.15, 0.2) is 12.1 Å². The van der Waals surface area contributed by atoms with Crippen molar-refractivity contribution >= 4 is 0 Å². The van der Waals surface area contributed by atoms with Gasteiger partial charge in [-0.05, 0) is 70.1 Å². The van der Waals surface area contributed by atoms with E-state index in [1.54, 1.807) is 0 Å². The van der Waals surface area contributed by atoms with Crippen molar-refractivity contribution in [2.45, 2.75) is 59.0 Å². The highest BCUT2D eigenvalue weighted by molar-refractivity contribution is 5.54. The highest BCUT2D eigenvalue weighted by atomic mass is 16.5. The van der Waals surface area contributed by atoms with Gasteiger partial charge >= 0.3 is 0 Å². The van der Waals surface area contributed by atoms with Crippen LogP contribution in [0.1, 0.15) is 52.0 Å². The molecule has 0 radical (unpaired) electrons. The molecule has 134 valence electrons. The number of benzene rings is 1. The van der Waals surface area contributed by atoms with Crippen molar-refractivity contribution in [3.63, 3.8) is 0 Å². The Morgan fingerprint density at radius 3 is 1.92 bits per heavy atom. The molecule has 0 amide bonds. The van der Waals surface area contributed by atoms with E-state index in [2.05, 4.69) is 17.0 Å². The molecule has 1 saturated carbocycles. The lowest BCUT2D eigenvalue weighted by molar-refractivity contribution is 0.0425. The van der Waals surface area contributed by atoms with E-state index in [0.717, 1.165) is 35.8 Å². The Hall–Kier alpha value is -1.42. The van der Waals surface area contributed by atoms with Crippen LogP contribution in [-0.4, -0.2) is 37.3 Å². The summed E-state index contributed by atoms with van der Waals surface area (Å²) in [7, 11) is 0. The van der Waals surface area contributed by atoms with Crippen LogP contribution in [0.4, 0.5) is 0 Å². The van der Waals surface area contributed by atoms with E-state index >= 15 is 0 Å². The second kappa shape index (κ2) is 8.11. The van der Waals surface area contributed by atoms with E-state index in [0.29, 0.717) is 19.8 Å². The van der Waals surface area contributed by atoms with Gasteiger partial charge in [-0.3, -0.25) is 4.90 Å². The quantitative estimate of drug-likeness (QED) is 0.711. The van der Waals surface area contributed by atoms with E-state index in [1.807, 2.05) is 20.8 Å². The van der Waals surface area contributed by atoms with Crippen molar-refractivity contribution in [2.24, 2.45) is 5.92 Å². The van der Waals surface area contributed by atoms with Crippen LogP contribution in [0.2, 0.25) is 0 Å². The molecule has 1 aliphatic carbocycles. The van der Waals surface area contributed by atoms with Gasteiger partial charge in [-0.2, -0.15) is 0 Å². The average molecular weight is 333 g/mol. The molecule has 2 saturated heterocycles. The Labute approximate surface area is 146 Å². The number of rotatable bonds is 8. The fraction of sp³-hybridized carbons (Fsp3) is 0.700. The molecule has 0 spiro atoms. The minimum atomic E-state index is 0.607. The van der Waals surface area contributed by atoms with Gasteiger partial charge in [0.2, 0.25) is 5.75 Å². The van der Waals surface area contributed by atoms with Crippen LogP contribution in [0.25, 0.3) is 0 Å². The predicted molar refractivity (Wildman–Crippen MR) is 96.1 cm³/mol. The first-order valence-electron chi connectivity index (χ1n) is 9.54. The van der Waals surface area contributed by atoms with E-state index in [4.69, 9.17) is 14.2 Å². The fourth-order valence-electron chi connectivity index (χ4n) is 4.14. The van der Waals surface area contributed by atoms with Crippen LogP contribution in [0.3, 0.4) is 0 Å². The van der Waals surface area contributed by atoms with Crippen molar-refractivity contribution < 1.29 is 14.2 Å². The molecular formula is C20H31NO3. The van der Waals surface area contributed by atoms with Gasteiger partial charge in [0.25, 0.3) is 0 Å². The first kappa shape index (κ1) is 17.4. The van der Waals surface area contributed by atoms with Gasteiger partial charge in [0.15, 0.2) is 11.5 Å². The molecule has 2 heterocycles. The standard InChI is InChI=1S/C20H31NO3/c1-4-22-18-11-16(12-19(23-5-2)20(18)24-6-3)14-21-13-15-7-9-17(21)10-8-15/h11-12,15,17H,4-10,13-14H2,1-3H3. The molecule has 3 aliphatic rings. The zero-order valence-corrected chi connectivity index (χ0v) is 15.3. The van der Waals surface area contributed by atoms with E-state index in [9.17, 15) is 0 Å². The highest BCUT2D eigenvalue weighted by Crippen LogP contribution is 2.41.